The van der Waals surface area contributed by atoms with Gasteiger partial charge in [-0.25, -0.2) is 0 Å². The fraction of sp³-hybridized carbons (Fsp3) is 0.571. The van der Waals surface area contributed by atoms with Gasteiger partial charge in [0.05, 0.1) is 6.04 Å². The van der Waals surface area contributed by atoms with E-state index < -0.39 is 0 Å². The lowest BCUT2D eigenvalue weighted by atomic mass is 10.2. The van der Waals surface area contributed by atoms with Gasteiger partial charge in [0.2, 0.25) is 0 Å². The summed E-state index contributed by atoms with van der Waals surface area (Å²) >= 11 is 0. The molecule has 0 aliphatic rings. The van der Waals surface area contributed by atoms with Crippen molar-refractivity contribution in [1.29, 1.82) is 0 Å². The highest BCUT2D eigenvalue weighted by molar-refractivity contribution is 5.57. The van der Waals surface area contributed by atoms with Gasteiger partial charge in [-0.15, -0.1) is 6.58 Å². The summed E-state index contributed by atoms with van der Waals surface area (Å²) in [4.78, 5) is 10.2. The van der Waals surface area contributed by atoms with Gasteiger partial charge in [-0.05, 0) is 13.0 Å². The van der Waals surface area contributed by atoms with E-state index in [1.54, 1.807) is 6.08 Å². The summed E-state index contributed by atoms with van der Waals surface area (Å²) in [5.41, 5.74) is 0. The Labute approximate surface area is 56.0 Å². The van der Waals surface area contributed by atoms with Crippen molar-refractivity contribution in [2.75, 3.05) is 6.54 Å². The minimum Gasteiger partial charge on any atom is -0.308 e. The van der Waals surface area contributed by atoms with E-state index in [2.05, 4.69) is 11.9 Å². The lowest BCUT2D eigenvalue weighted by Gasteiger charge is -2.05. The summed E-state index contributed by atoms with van der Waals surface area (Å²) in [5, 5.41) is 2.99. The van der Waals surface area contributed by atoms with E-state index in [1.165, 1.54) is 0 Å². The molecule has 2 heteroatoms. The maximum atomic E-state index is 10.2. The molecule has 9 heavy (non-hydrogen) atoms. The van der Waals surface area contributed by atoms with Gasteiger partial charge in [0.1, 0.15) is 6.29 Å². The third-order valence-corrected chi connectivity index (χ3v) is 1.05. The maximum absolute atomic E-state index is 10.2. The summed E-state index contributed by atoms with van der Waals surface area (Å²) in [6.45, 7) is 6.33. The first-order valence-electron chi connectivity index (χ1n) is 3.14. The van der Waals surface area contributed by atoms with Gasteiger partial charge >= 0.3 is 0 Å². The number of nitrogens with one attached hydrogen (secondary N) is 1. The molecule has 0 aliphatic heterocycles. The summed E-state index contributed by atoms with van der Waals surface area (Å²) in [5.74, 6) is 0. The highest BCUT2D eigenvalue weighted by Gasteiger charge is 1.99. The standard InChI is InChI=1S/C7H13NO/c1-3-5-7(6-9)8-4-2/h3,6-8H,1,4-5H2,2H3. The molecule has 2 nitrogen and oxygen atoms in total. The van der Waals surface area contributed by atoms with Crippen molar-refractivity contribution in [2.45, 2.75) is 19.4 Å². The van der Waals surface area contributed by atoms with Crippen LogP contribution in [0.2, 0.25) is 0 Å². The second-order valence-corrected chi connectivity index (χ2v) is 1.82. The van der Waals surface area contributed by atoms with E-state index in [1.807, 2.05) is 6.92 Å². The van der Waals surface area contributed by atoms with Crippen molar-refractivity contribution in [3.05, 3.63) is 12.7 Å². The summed E-state index contributed by atoms with van der Waals surface area (Å²) in [6.07, 6.45) is 3.37. The van der Waals surface area contributed by atoms with Gasteiger partial charge in [-0.1, -0.05) is 13.0 Å². The zero-order valence-corrected chi connectivity index (χ0v) is 5.76. The number of aldehydes is 1. The highest BCUT2D eigenvalue weighted by atomic mass is 16.1. The first-order valence-corrected chi connectivity index (χ1v) is 3.14. The molecule has 1 unspecified atom stereocenters. The zero-order chi connectivity index (χ0) is 7.11. The van der Waals surface area contributed by atoms with Crippen LogP contribution >= 0.6 is 0 Å². The Morgan fingerprint density at radius 2 is 2.44 bits per heavy atom. The Morgan fingerprint density at radius 1 is 1.78 bits per heavy atom. The Morgan fingerprint density at radius 3 is 2.78 bits per heavy atom. The normalized spacial score (nSPS) is 12.6. The number of likely N-dealkylation sites (N-methyl/N-ethyl adjacent to an activating group) is 1. The molecule has 0 rings (SSSR count). The second kappa shape index (κ2) is 5.51. The van der Waals surface area contributed by atoms with Crippen molar-refractivity contribution < 1.29 is 4.79 Å². The second-order valence-electron chi connectivity index (χ2n) is 1.82. The molecule has 0 radical (unpaired) electrons. The molecule has 52 valence electrons. The lowest BCUT2D eigenvalue weighted by molar-refractivity contribution is -0.109. The van der Waals surface area contributed by atoms with E-state index in [0.717, 1.165) is 19.3 Å². The minimum atomic E-state index is -0.0347. The van der Waals surface area contributed by atoms with Crippen molar-refractivity contribution in [3.63, 3.8) is 0 Å². The molecular weight excluding hydrogens is 114 g/mol. The van der Waals surface area contributed by atoms with Crippen LogP contribution < -0.4 is 5.32 Å². The van der Waals surface area contributed by atoms with Crippen LogP contribution in [0.15, 0.2) is 12.7 Å². The van der Waals surface area contributed by atoms with Crippen LogP contribution in [0.3, 0.4) is 0 Å². The van der Waals surface area contributed by atoms with Gasteiger partial charge in [0.25, 0.3) is 0 Å². The number of hydrogen-bond acceptors (Lipinski definition) is 2. The average molecular weight is 127 g/mol. The van der Waals surface area contributed by atoms with Crippen LogP contribution in [-0.4, -0.2) is 18.9 Å². The van der Waals surface area contributed by atoms with E-state index in [0.29, 0.717) is 0 Å². The molecule has 0 saturated carbocycles. The summed E-state index contributed by atoms with van der Waals surface area (Å²) < 4.78 is 0. The number of carbonyl (C=O) groups excluding carboxylic acids is 1. The third-order valence-electron chi connectivity index (χ3n) is 1.05. The predicted molar refractivity (Wildman–Crippen MR) is 38.3 cm³/mol. The third kappa shape index (κ3) is 3.91. The molecule has 0 aromatic heterocycles. The first kappa shape index (κ1) is 8.37. The highest BCUT2D eigenvalue weighted by Crippen LogP contribution is 1.86. The van der Waals surface area contributed by atoms with Gasteiger partial charge in [-0.3, -0.25) is 0 Å². The maximum Gasteiger partial charge on any atom is 0.137 e. The molecule has 0 spiro atoms. The average Bonchev–Trinajstić information content (AvgIpc) is 1.88. The van der Waals surface area contributed by atoms with Gasteiger partial charge in [0, 0.05) is 0 Å². The van der Waals surface area contributed by atoms with Crippen LogP contribution in [0, 0.1) is 0 Å². The molecule has 0 aromatic carbocycles. The topological polar surface area (TPSA) is 29.1 Å². The molecule has 0 fully saturated rings. The fourth-order valence-corrected chi connectivity index (χ4v) is 0.629. The van der Waals surface area contributed by atoms with Gasteiger partial charge in [0.15, 0.2) is 0 Å². The van der Waals surface area contributed by atoms with Crippen LogP contribution in [0.5, 0.6) is 0 Å². The number of rotatable bonds is 5. The van der Waals surface area contributed by atoms with Crippen molar-refractivity contribution in [2.24, 2.45) is 0 Å². The van der Waals surface area contributed by atoms with Crippen LogP contribution in [-0.2, 0) is 4.79 Å². The van der Waals surface area contributed by atoms with Crippen LogP contribution in [0.1, 0.15) is 13.3 Å². The molecular formula is C7H13NO. The van der Waals surface area contributed by atoms with Gasteiger partial charge < -0.3 is 10.1 Å². The van der Waals surface area contributed by atoms with E-state index in [9.17, 15) is 4.79 Å². The molecule has 0 bridgehead atoms. The Kier molecular flexibility index (Phi) is 5.12. The van der Waals surface area contributed by atoms with Crippen molar-refractivity contribution in [1.82, 2.24) is 5.32 Å². The predicted octanol–water partition coefficient (Wildman–Crippen LogP) is 0.740. The Hall–Kier alpha value is -0.630. The number of carbonyl (C=O) groups is 1. The van der Waals surface area contributed by atoms with E-state index in [4.69, 9.17) is 0 Å². The number of hydrogen-bond donors (Lipinski definition) is 1. The Balaban J connectivity index is 3.40. The van der Waals surface area contributed by atoms with E-state index in [-0.39, 0.29) is 6.04 Å². The SMILES string of the molecule is C=CCC(C=O)NCC. The molecule has 0 aliphatic carbocycles. The lowest BCUT2D eigenvalue weighted by Crippen LogP contribution is -2.29. The monoisotopic (exact) mass is 127 g/mol. The summed E-state index contributed by atoms with van der Waals surface area (Å²) in [6, 6.07) is -0.0347. The minimum absolute atomic E-state index is 0.0347. The van der Waals surface area contributed by atoms with Crippen molar-refractivity contribution >= 4 is 6.29 Å². The van der Waals surface area contributed by atoms with Crippen LogP contribution in [0.25, 0.3) is 0 Å². The van der Waals surface area contributed by atoms with Gasteiger partial charge in [-0.2, -0.15) is 0 Å². The Bertz CT molecular complexity index is 90.9. The molecule has 0 amide bonds. The molecule has 0 heterocycles. The molecule has 0 aromatic rings. The summed E-state index contributed by atoms with van der Waals surface area (Å²) in [7, 11) is 0. The molecule has 0 saturated heterocycles. The first-order chi connectivity index (χ1) is 4.35. The largest absolute Gasteiger partial charge is 0.308 e. The smallest absolute Gasteiger partial charge is 0.137 e. The van der Waals surface area contributed by atoms with E-state index >= 15 is 0 Å². The van der Waals surface area contributed by atoms with Crippen molar-refractivity contribution in [3.8, 4) is 0 Å². The van der Waals surface area contributed by atoms with Crippen LogP contribution in [0.4, 0.5) is 0 Å². The molecule has 1 atom stereocenters. The quantitative estimate of drug-likeness (QED) is 0.436. The zero-order valence-electron chi connectivity index (χ0n) is 5.76. The molecule has 1 N–H and O–H groups in total. The fourth-order valence-electron chi connectivity index (χ4n) is 0.629.